The molecular weight excluding hydrogens is 204 g/mol. The van der Waals surface area contributed by atoms with Gasteiger partial charge in [0.05, 0.1) is 12.6 Å². The van der Waals surface area contributed by atoms with Gasteiger partial charge in [-0.1, -0.05) is 0 Å². The number of carbonyl (C=O) groups excluding carboxylic acids is 1. The summed E-state index contributed by atoms with van der Waals surface area (Å²) in [6.07, 6.45) is 4.20. The number of amides is 1. The van der Waals surface area contributed by atoms with Crippen LogP contribution in [0.3, 0.4) is 0 Å². The molecule has 0 aromatic rings. The predicted octanol–water partition coefficient (Wildman–Crippen LogP) is 0.358. The zero-order chi connectivity index (χ0) is 11.5. The highest BCUT2D eigenvalue weighted by molar-refractivity contribution is 5.78. The molecule has 0 spiro atoms. The van der Waals surface area contributed by atoms with Crippen molar-refractivity contribution >= 4 is 5.91 Å². The van der Waals surface area contributed by atoms with Gasteiger partial charge in [0, 0.05) is 12.6 Å². The van der Waals surface area contributed by atoms with Gasteiger partial charge in [-0.25, -0.2) is 0 Å². The Morgan fingerprint density at radius 3 is 2.88 bits per heavy atom. The summed E-state index contributed by atoms with van der Waals surface area (Å²) in [5.41, 5.74) is 0. The number of likely N-dealkylation sites (tertiary alicyclic amines) is 1. The van der Waals surface area contributed by atoms with Crippen molar-refractivity contribution in [3.63, 3.8) is 0 Å². The number of hydrogen-bond acceptors (Lipinski definition) is 3. The molecule has 1 saturated carbocycles. The Kier molecular flexibility index (Phi) is 3.82. The highest BCUT2D eigenvalue weighted by Gasteiger charge is 2.27. The van der Waals surface area contributed by atoms with E-state index in [4.69, 9.17) is 0 Å². The average molecular weight is 226 g/mol. The maximum absolute atomic E-state index is 11.6. The lowest BCUT2D eigenvalue weighted by atomic mass is 9.93. The molecular formula is C12H22N2O2. The maximum Gasteiger partial charge on any atom is 0.234 e. The van der Waals surface area contributed by atoms with Gasteiger partial charge in [0.1, 0.15) is 0 Å². The summed E-state index contributed by atoms with van der Waals surface area (Å²) in [5, 5.41) is 12.6. The minimum atomic E-state index is -0.255. The number of piperidine rings is 1. The van der Waals surface area contributed by atoms with Crippen LogP contribution in [-0.2, 0) is 4.79 Å². The van der Waals surface area contributed by atoms with E-state index in [2.05, 4.69) is 10.2 Å². The Balaban J connectivity index is 1.73. The second kappa shape index (κ2) is 5.15. The molecule has 2 fully saturated rings. The van der Waals surface area contributed by atoms with Gasteiger partial charge < -0.3 is 10.4 Å². The highest BCUT2D eigenvalue weighted by atomic mass is 16.3. The molecule has 2 unspecified atom stereocenters. The summed E-state index contributed by atoms with van der Waals surface area (Å²) in [6.45, 7) is 4.19. The van der Waals surface area contributed by atoms with Gasteiger partial charge in [-0.15, -0.1) is 0 Å². The number of aliphatic hydroxyl groups excluding tert-OH is 1. The van der Waals surface area contributed by atoms with Crippen LogP contribution in [0.2, 0.25) is 0 Å². The molecule has 1 heterocycles. The molecule has 2 rings (SSSR count). The molecule has 4 heteroatoms. The van der Waals surface area contributed by atoms with Gasteiger partial charge >= 0.3 is 0 Å². The molecule has 2 N–H and O–H groups in total. The Labute approximate surface area is 97.0 Å². The molecule has 1 saturated heterocycles. The van der Waals surface area contributed by atoms with E-state index in [1.807, 2.05) is 6.92 Å². The smallest absolute Gasteiger partial charge is 0.234 e. The Bertz CT molecular complexity index is 251. The number of nitrogens with one attached hydrogen (secondary N) is 1. The van der Waals surface area contributed by atoms with Crippen molar-refractivity contribution in [3.8, 4) is 0 Å². The van der Waals surface area contributed by atoms with Crippen LogP contribution in [0.4, 0.5) is 0 Å². The first-order chi connectivity index (χ1) is 7.65. The number of carbonyl (C=O) groups is 1. The van der Waals surface area contributed by atoms with E-state index in [0.29, 0.717) is 18.5 Å². The normalized spacial score (nSPS) is 28.8. The van der Waals surface area contributed by atoms with E-state index in [0.717, 1.165) is 38.8 Å². The summed E-state index contributed by atoms with van der Waals surface area (Å²) in [7, 11) is 0. The monoisotopic (exact) mass is 226 g/mol. The van der Waals surface area contributed by atoms with Crippen molar-refractivity contribution in [2.45, 2.75) is 44.8 Å². The fourth-order valence-electron chi connectivity index (χ4n) is 2.33. The third-order valence-electron chi connectivity index (χ3n) is 3.53. The Morgan fingerprint density at radius 2 is 2.25 bits per heavy atom. The number of nitrogens with zero attached hydrogens (tertiary/aromatic N) is 1. The van der Waals surface area contributed by atoms with Crippen molar-refractivity contribution < 1.29 is 9.90 Å². The fraction of sp³-hybridized carbons (Fsp3) is 0.917. The Morgan fingerprint density at radius 1 is 1.50 bits per heavy atom. The minimum absolute atomic E-state index is 0.147. The predicted molar refractivity (Wildman–Crippen MR) is 62.0 cm³/mol. The van der Waals surface area contributed by atoms with Crippen LogP contribution in [0.15, 0.2) is 0 Å². The molecule has 16 heavy (non-hydrogen) atoms. The largest absolute Gasteiger partial charge is 0.393 e. The molecule has 1 aliphatic carbocycles. The number of rotatable bonds is 4. The number of hydrogen-bond donors (Lipinski definition) is 2. The molecule has 4 nitrogen and oxygen atoms in total. The third-order valence-corrected chi connectivity index (χ3v) is 3.53. The van der Waals surface area contributed by atoms with Crippen LogP contribution >= 0.6 is 0 Å². The van der Waals surface area contributed by atoms with Crippen molar-refractivity contribution in [1.82, 2.24) is 10.2 Å². The number of aliphatic hydroxyl groups is 1. The van der Waals surface area contributed by atoms with E-state index in [1.54, 1.807) is 0 Å². The lowest BCUT2D eigenvalue weighted by Gasteiger charge is -2.33. The first-order valence-corrected chi connectivity index (χ1v) is 6.35. The van der Waals surface area contributed by atoms with Crippen LogP contribution < -0.4 is 5.32 Å². The molecule has 0 aromatic heterocycles. The molecule has 0 radical (unpaired) electrons. The van der Waals surface area contributed by atoms with Gasteiger partial charge in [0.25, 0.3) is 0 Å². The lowest BCUT2D eigenvalue weighted by Crippen LogP contribution is -2.45. The summed E-state index contributed by atoms with van der Waals surface area (Å²) < 4.78 is 0. The molecule has 0 aromatic carbocycles. The summed E-state index contributed by atoms with van der Waals surface area (Å²) >= 11 is 0. The zero-order valence-electron chi connectivity index (χ0n) is 9.98. The molecule has 92 valence electrons. The van der Waals surface area contributed by atoms with Crippen LogP contribution in [-0.4, -0.2) is 47.7 Å². The van der Waals surface area contributed by atoms with E-state index in [9.17, 15) is 9.90 Å². The first-order valence-electron chi connectivity index (χ1n) is 6.35. The molecule has 2 aliphatic rings. The van der Waals surface area contributed by atoms with E-state index in [-0.39, 0.29) is 12.0 Å². The van der Waals surface area contributed by atoms with Gasteiger partial charge in [0.15, 0.2) is 0 Å². The molecule has 2 atom stereocenters. The second-order valence-electron chi connectivity index (χ2n) is 5.22. The van der Waals surface area contributed by atoms with Gasteiger partial charge in [0.2, 0.25) is 5.91 Å². The summed E-state index contributed by atoms with van der Waals surface area (Å²) in [4.78, 5) is 13.8. The minimum Gasteiger partial charge on any atom is -0.393 e. The fourth-order valence-corrected chi connectivity index (χ4v) is 2.33. The van der Waals surface area contributed by atoms with E-state index >= 15 is 0 Å². The maximum atomic E-state index is 11.6. The SMILES string of the molecule is CC(O)C1CCCN(CC(=O)NC2CC2)C1. The quantitative estimate of drug-likeness (QED) is 0.727. The van der Waals surface area contributed by atoms with Crippen molar-refractivity contribution in [2.75, 3.05) is 19.6 Å². The molecule has 0 bridgehead atoms. The van der Waals surface area contributed by atoms with E-state index < -0.39 is 0 Å². The van der Waals surface area contributed by atoms with Crippen molar-refractivity contribution in [3.05, 3.63) is 0 Å². The average Bonchev–Trinajstić information content (AvgIpc) is 3.01. The second-order valence-corrected chi connectivity index (χ2v) is 5.22. The summed E-state index contributed by atoms with van der Waals surface area (Å²) in [5.74, 6) is 0.483. The highest BCUT2D eigenvalue weighted by Crippen LogP contribution is 2.20. The standard InChI is InChI=1S/C12H22N2O2/c1-9(15)10-3-2-6-14(7-10)8-12(16)13-11-4-5-11/h9-11,15H,2-8H2,1H3,(H,13,16). The van der Waals surface area contributed by atoms with Gasteiger partial charge in [-0.3, -0.25) is 9.69 Å². The van der Waals surface area contributed by atoms with Crippen LogP contribution in [0, 0.1) is 5.92 Å². The van der Waals surface area contributed by atoms with Crippen molar-refractivity contribution in [1.29, 1.82) is 0 Å². The van der Waals surface area contributed by atoms with Crippen LogP contribution in [0.25, 0.3) is 0 Å². The molecule has 1 aliphatic heterocycles. The van der Waals surface area contributed by atoms with E-state index in [1.165, 1.54) is 0 Å². The summed E-state index contributed by atoms with van der Waals surface area (Å²) in [6, 6.07) is 0.449. The lowest BCUT2D eigenvalue weighted by molar-refractivity contribution is -0.123. The Hall–Kier alpha value is -0.610. The zero-order valence-corrected chi connectivity index (χ0v) is 9.98. The van der Waals surface area contributed by atoms with Gasteiger partial charge in [-0.05, 0) is 45.1 Å². The van der Waals surface area contributed by atoms with Crippen molar-refractivity contribution in [2.24, 2.45) is 5.92 Å². The van der Waals surface area contributed by atoms with Crippen LogP contribution in [0.1, 0.15) is 32.6 Å². The van der Waals surface area contributed by atoms with Gasteiger partial charge in [-0.2, -0.15) is 0 Å². The third kappa shape index (κ3) is 3.46. The molecule has 1 amide bonds. The van der Waals surface area contributed by atoms with Crippen LogP contribution in [0.5, 0.6) is 0 Å². The first kappa shape index (κ1) is 11.9. The topological polar surface area (TPSA) is 52.6 Å².